The van der Waals surface area contributed by atoms with Gasteiger partial charge in [0.15, 0.2) is 17.3 Å². The number of oxazole rings is 1. The summed E-state index contributed by atoms with van der Waals surface area (Å²) in [5.74, 6) is 1.21. The Balaban J connectivity index is 1.42. The molecule has 2 aliphatic rings. The van der Waals surface area contributed by atoms with Crippen molar-refractivity contribution in [3.8, 4) is 17.0 Å². The number of nitrogens with one attached hydrogen (secondary N) is 1. The topological polar surface area (TPSA) is 87.3 Å². The largest absolute Gasteiger partial charge is 0.507 e. The molecule has 7 nitrogen and oxygen atoms in total. The zero-order valence-electron chi connectivity index (χ0n) is 15.8. The molecule has 0 aliphatic carbocycles. The maximum atomic E-state index is 14.8. The van der Waals surface area contributed by atoms with Crippen LogP contribution in [-0.4, -0.2) is 51.6 Å². The molecule has 2 aliphatic heterocycles. The van der Waals surface area contributed by atoms with E-state index in [-0.39, 0.29) is 17.8 Å². The van der Waals surface area contributed by atoms with Gasteiger partial charge in [0.1, 0.15) is 17.4 Å². The van der Waals surface area contributed by atoms with E-state index in [1.165, 1.54) is 6.07 Å². The Bertz CT molecular complexity index is 1020. The van der Waals surface area contributed by atoms with E-state index >= 15 is 0 Å². The predicted molar refractivity (Wildman–Crippen MR) is 103 cm³/mol. The normalized spacial score (nSPS) is 26.7. The van der Waals surface area contributed by atoms with Gasteiger partial charge in [-0.05, 0) is 37.5 Å². The Hall–Kier alpha value is -2.74. The summed E-state index contributed by atoms with van der Waals surface area (Å²) in [6.45, 7) is 1.76. The molecule has 8 heteroatoms. The average Bonchev–Trinajstić information content (AvgIpc) is 3.26. The molecule has 0 amide bonds. The number of halogens is 1. The number of hydrogen-bond acceptors (Lipinski definition) is 7. The molecule has 2 saturated heterocycles. The minimum atomic E-state index is -0.924. The summed E-state index contributed by atoms with van der Waals surface area (Å²) >= 11 is 0. The number of aromatic hydroxyl groups is 1. The SMILES string of the molecule is Cc1nc2cc(-c3ccc(N(C)[C@@H]4CC5CCC(N5)[C@@H]4F)nn3)c(O)cc2o1. The number of phenols is 1. The van der Waals surface area contributed by atoms with Gasteiger partial charge in [-0.3, -0.25) is 0 Å². The molecule has 4 heterocycles. The number of aryl methyl sites for hydroxylation is 1. The second-order valence-electron chi connectivity index (χ2n) is 7.75. The molecule has 1 aromatic carbocycles. The standard InChI is InChI=1S/C20H22FN5O2/c1-10-22-15-8-12(17(27)9-18(15)28-10)13-5-6-19(25-24-13)26(2)16-7-11-3-4-14(23-11)20(16)21/h5-6,8-9,11,14,16,20,23,27H,3-4,7H2,1-2H3/t11?,14?,16-,20+/m1/s1. The number of aromatic nitrogens is 3. The maximum absolute atomic E-state index is 14.8. The van der Waals surface area contributed by atoms with Crippen LogP contribution in [0.4, 0.5) is 10.2 Å². The smallest absolute Gasteiger partial charge is 0.192 e. The molecule has 0 spiro atoms. The van der Waals surface area contributed by atoms with Gasteiger partial charge in [-0.25, -0.2) is 9.37 Å². The molecule has 2 N–H and O–H groups in total. The van der Waals surface area contributed by atoms with Crippen LogP contribution >= 0.6 is 0 Å². The van der Waals surface area contributed by atoms with Gasteiger partial charge in [-0.2, -0.15) is 0 Å². The lowest BCUT2D eigenvalue weighted by Gasteiger charge is -2.38. The number of benzene rings is 1. The van der Waals surface area contributed by atoms with Crippen molar-refractivity contribution in [3.05, 3.63) is 30.2 Å². The van der Waals surface area contributed by atoms with Gasteiger partial charge in [-0.15, -0.1) is 10.2 Å². The molecular formula is C20H22FN5O2. The summed E-state index contributed by atoms with van der Waals surface area (Å²) in [7, 11) is 1.87. The average molecular weight is 383 g/mol. The molecule has 4 atom stereocenters. The van der Waals surface area contributed by atoms with Gasteiger partial charge in [0.2, 0.25) is 0 Å². The van der Waals surface area contributed by atoms with Crippen molar-refractivity contribution >= 4 is 16.9 Å². The summed E-state index contributed by atoms with van der Waals surface area (Å²) in [5, 5.41) is 22.2. The molecule has 0 radical (unpaired) electrons. The molecule has 28 heavy (non-hydrogen) atoms. The van der Waals surface area contributed by atoms with Gasteiger partial charge in [0.05, 0.1) is 11.7 Å². The van der Waals surface area contributed by atoms with Crippen LogP contribution in [0.3, 0.4) is 0 Å². The first-order chi connectivity index (χ1) is 13.5. The van der Waals surface area contributed by atoms with Crippen molar-refractivity contribution in [3.63, 3.8) is 0 Å². The van der Waals surface area contributed by atoms with Crippen molar-refractivity contribution < 1.29 is 13.9 Å². The lowest BCUT2D eigenvalue weighted by Crippen LogP contribution is -2.55. The minimum Gasteiger partial charge on any atom is -0.507 e. The third-order valence-corrected chi connectivity index (χ3v) is 5.95. The van der Waals surface area contributed by atoms with E-state index < -0.39 is 6.17 Å². The number of alkyl halides is 1. The third-order valence-electron chi connectivity index (χ3n) is 5.95. The monoisotopic (exact) mass is 383 g/mol. The summed E-state index contributed by atoms with van der Waals surface area (Å²) in [5.41, 5.74) is 2.24. The van der Waals surface area contributed by atoms with Crippen LogP contribution in [0.2, 0.25) is 0 Å². The van der Waals surface area contributed by atoms with Gasteiger partial charge in [0.25, 0.3) is 0 Å². The number of hydrogen-bond donors (Lipinski definition) is 2. The fourth-order valence-electron chi connectivity index (χ4n) is 4.46. The number of rotatable bonds is 3. The molecule has 0 saturated carbocycles. The molecule has 5 rings (SSSR count). The molecule has 2 fully saturated rings. The van der Waals surface area contributed by atoms with E-state index in [2.05, 4.69) is 20.5 Å². The van der Waals surface area contributed by atoms with E-state index in [0.29, 0.717) is 40.1 Å². The van der Waals surface area contributed by atoms with Crippen LogP contribution < -0.4 is 10.2 Å². The fraction of sp³-hybridized carbons (Fsp3) is 0.450. The Kier molecular flexibility index (Phi) is 3.97. The van der Waals surface area contributed by atoms with Crippen LogP contribution in [0.1, 0.15) is 25.2 Å². The number of piperidine rings is 1. The summed E-state index contributed by atoms with van der Waals surface area (Å²) in [6.07, 6.45) is 1.76. The van der Waals surface area contributed by atoms with Gasteiger partial charge >= 0.3 is 0 Å². The lowest BCUT2D eigenvalue weighted by molar-refractivity contribution is 0.176. The molecule has 2 unspecified atom stereocenters. The van der Waals surface area contributed by atoms with E-state index in [1.807, 2.05) is 18.0 Å². The van der Waals surface area contributed by atoms with Crippen molar-refractivity contribution in [2.45, 2.75) is 50.5 Å². The van der Waals surface area contributed by atoms with Crippen LogP contribution in [0, 0.1) is 6.92 Å². The van der Waals surface area contributed by atoms with Crippen molar-refractivity contribution in [2.75, 3.05) is 11.9 Å². The highest BCUT2D eigenvalue weighted by atomic mass is 19.1. The van der Waals surface area contributed by atoms with E-state index in [9.17, 15) is 9.50 Å². The minimum absolute atomic E-state index is 0.0535. The number of anilines is 1. The molecule has 146 valence electrons. The summed E-state index contributed by atoms with van der Waals surface area (Å²) in [6, 6.07) is 6.98. The van der Waals surface area contributed by atoms with Gasteiger partial charge in [-0.1, -0.05) is 0 Å². The van der Waals surface area contributed by atoms with Crippen LogP contribution in [-0.2, 0) is 0 Å². The molecule has 2 bridgehead atoms. The van der Waals surface area contributed by atoms with Gasteiger partial charge in [0, 0.05) is 37.7 Å². The van der Waals surface area contributed by atoms with Crippen LogP contribution in [0.15, 0.2) is 28.7 Å². The van der Waals surface area contributed by atoms with Crippen LogP contribution in [0.5, 0.6) is 5.75 Å². The third kappa shape index (κ3) is 2.79. The lowest BCUT2D eigenvalue weighted by atomic mass is 9.96. The van der Waals surface area contributed by atoms with E-state index in [0.717, 1.165) is 19.3 Å². The van der Waals surface area contributed by atoms with Crippen molar-refractivity contribution in [2.24, 2.45) is 0 Å². The first kappa shape index (κ1) is 17.4. The van der Waals surface area contributed by atoms with E-state index in [1.54, 1.807) is 19.1 Å². The van der Waals surface area contributed by atoms with Crippen molar-refractivity contribution in [1.29, 1.82) is 0 Å². The van der Waals surface area contributed by atoms with E-state index in [4.69, 9.17) is 4.42 Å². The zero-order valence-corrected chi connectivity index (χ0v) is 15.8. The second kappa shape index (κ2) is 6.41. The summed E-state index contributed by atoms with van der Waals surface area (Å²) in [4.78, 5) is 6.18. The highest BCUT2D eigenvalue weighted by molar-refractivity contribution is 5.83. The quantitative estimate of drug-likeness (QED) is 0.719. The highest BCUT2D eigenvalue weighted by Crippen LogP contribution is 2.35. The number of fused-ring (bicyclic) bond motifs is 3. The molecule has 2 aromatic heterocycles. The Morgan fingerprint density at radius 2 is 2.11 bits per heavy atom. The fourth-order valence-corrected chi connectivity index (χ4v) is 4.46. The van der Waals surface area contributed by atoms with Crippen LogP contribution in [0.25, 0.3) is 22.4 Å². The molecular weight excluding hydrogens is 361 g/mol. The molecule has 3 aromatic rings. The highest BCUT2D eigenvalue weighted by Gasteiger charge is 2.43. The predicted octanol–water partition coefficient (Wildman–Crippen LogP) is 2.97. The number of phenolic OH excluding ortho intramolecular Hbond substituents is 1. The maximum Gasteiger partial charge on any atom is 0.192 e. The number of nitrogens with zero attached hydrogens (tertiary/aromatic N) is 4. The first-order valence-corrected chi connectivity index (χ1v) is 9.57. The summed E-state index contributed by atoms with van der Waals surface area (Å²) < 4.78 is 20.3. The Morgan fingerprint density at radius 3 is 2.89 bits per heavy atom. The first-order valence-electron chi connectivity index (χ1n) is 9.57. The van der Waals surface area contributed by atoms with Gasteiger partial charge < -0.3 is 19.7 Å². The second-order valence-corrected chi connectivity index (χ2v) is 7.75. The zero-order chi connectivity index (χ0) is 19.4. The Labute approximate surface area is 161 Å². The Morgan fingerprint density at radius 1 is 1.25 bits per heavy atom. The van der Waals surface area contributed by atoms with Crippen molar-refractivity contribution in [1.82, 2.24) is 20.5 Å².